The Morgan fingerprint density at radius 3 is 2.65 bits per heavy atom. The molecule has 3 aliphatic rings. The van der Waals surface area contributed by atoms with E-state index in [1.807, 2.05) is 4.90 Å². The predicted molar refractivity (Wildman–Crippen MR) is 75.5 cm³/mol. The van der Waals surface area contributed by atoms with E-state index in [-0.39, 0.29) is 12.2 Å². The Bertz CT molecular complexity index is 325. The van der Waals surface area contributed by atoms with Crippen LogP contribution in [-0.2, 0) is 14.3 Å². The number of rotatable bonds is 3. The van der Waals surface area contributed by atoms with E-state index in [1.54, 1.807) is 0 Å². The second-order valence-electron chi connectivity index (χ2n) is 6.20. The normalized spacial score (nSPS) is 32.5. The molecule has 114 valence electrons. The average molecular weight is 282 g/mol. The molecule has 0 radical (unpaired) electrons. The molecule has 20 heavy (non-hydrogen) atoms. The SMILES string of the molecule is O=C(CC1CCNCC1)N1CCO[C@H]([C@H]2CCCO2)C1. The van der Waals surface area contributed by atoms with Crippen LogP contribution in [0.1, 0.15) is 32.1 Å². The largest absolute Gasteiger partial charge is 0.375 e. The Hall–Kier alpha value is -0.650. The predicted octanol–water partition coefficient (Wildman–Crippen LogP) is 0.783. The molecule has 0 unspecified atom stereocenters. The monoisotopic (exact) mass is 282 g/mol. The Labute approximate surface area is 121 Å². The summed E-state index contributed by atoms with van der Waals surface area (Å²) in [5, 5.41) is 3.35. The third-order valence-electron chi connectivity index (χ3n) is 4.75. The summed E-state index contributed by atoms with van der Waals surface area (Å²) in [6, 6.07) is 0. The lowest BCUT2D eigenvalue weighted by molar-refractivity contribution is -0.145. The molecule has 0 saturated carbocycles. The van der Waals surface area contributed by atoms with E-state index in [0.29, 0.717) is 31.4 Å². The van der Waals surface area contributed by atoms with E-state index in [2.05, 4.69) is 5.32 Å². The summed E-state index contributed by atoms with van der Waals surface area (Å²) in [5.41, 5.74) is 0. The standard InChI is InChI=1S/C15H26N2O3/c18-15(10-12-3-5-16-6-4-12)17-7-9-20-14(11-17)13-2-1-8-19-13/h12-14,16H,1-11H2/t13-,14+/m1/s1. The minimum atomic E-state index is 0.0863. The van der Waals surface area contributed by atoms with E-state index in [4.69, 9.17) is 9.47 Å². The lowest BCUT2D eigenvalue weighted by Gasteiger charge is -2.36. The molecule has 1 N–H and O–H groups in total. The van der Waals surface area contributed by atoms with Gasteiger partial charge in [-0.05, 0) is 44.7 Å². The minimum Gasteiger partial charge on any atom is -0.375 e. The smallest absolute Gasteiger partial charge is 0.223 e. The molecular formula is C15H26N2O3. The highest BCUT2D eigenvalue weighted by atomic mass is 16.5. The second kappa shape index (κ2) is 6.87. The Morgan fingerprint density at radius 1 is 1.10 bits per heavy atom. The van der Waals surface area contributed by atoms with Crippen molar-refractivity contribution in [2.45, 2.75) is 44.3 Å². The summed E-state index contributed by atoms with van der Waals surface area (Å²) < 4.78 is 11.5. The topological polar surface area (TPSA) is 50.8 Å². The molecule has 0 aromatic heterocycles. The molecule has 5 heteroatoms. The van der Waals surface area contributed by atoms with Gasteiger partial charge >= 0.3 is 0 Å². The number of hydrogen-bond acceptors (Lipinski definition) is 4. The first-order valence-corrected chi connectivity index (χ1v) is 8.04. The molecule has 3 fully saturated rings. The lowest BCUT2D eigenvalue weighted by Crippen LogP contribution is -2.50. The summed E-state index contributed by atoms with van der Waals surface area (Å²) in [5.74, 6) is 0.871. The zero-order valence-corrected chi connectivity index (χ0v) is 12.2. The van der Waals surface area contributed by atoms with Crippen molar-refractivity contribution in [2.24, 2.45) is 5.92 Å². The summed E-state index contributed by atoms with van der Waals surface area (Å²) in [6.45, 7) is 5.07. The first-order chi connectivity index (χ1) is 9.83. The van der Waals surface area contributed by atoms with Gasteiger partial charge in [0.25, 0.3) is 0 Å². The maximum absolute atomic E-state index is 12.4. The zero-order valence-electron chi connectivity index (χ0n) is 12.2. The van der Waals surface area contributed by atoms with Crippen molar-refractivity contribution < 1.29 is 14.3 Å². The number of nitrogens with zero attached hydrogens (tertiary/aromatic N) is 1. The summed E-state index contributed by atoms with van der Waals surface area (Å²) in [4.78, 5) is 14.4. The van der Waals surface area contributed by atoms with Crippen molar-refractivity contribution in [1.29, 1.82) is 0 Å². The van der Waals surface area contributed by atoms with Crippen LogP contribution in [0.3, 0.4) is 0 Å². The van der Waals surface area contributed by atoms with Crippen LogP contribution in [0.25, 0.3) is 0 Å². The van der Waals surface area contributed by atoms with Crippen LogP contribution in [0.5, 0.6) is 0 Å². The van der Waals surface area contributed by atoms with Gasteiger partial charge in [-0.3, -0.25) is 4.79 Å². The van der Waals surface area contributed by atoms with Crippen molar-refractivity contribution in [1.82, 2.24) is 10.2 Å². The van der Waals surface area contributed by atoms with Crippen molar-refractivity contribution >= 4 is 5.91 Å². The molecule has 0 spiro atoms. The van der Waals surface area contributed by atoms with Crippen molar-refractivity contribution in [3.05, 3.63) is 0 Å². The van der Waals surface area contributed by atoms with Crippen molar-refractivity contribution in [2.75, 3.05) is 39.4 Å². The molecule has 5 nitrogen and oxygen atoms in total. The fourth-order valence-corrected chi connectivity index (χ4v) is 3.48. The number of nitrogens with one attached hydrogen (secondary N) is 1. The highest BCUT2D eigenvalue weighted by Gasteiger charge is 2.33. The zero-order chi connectivity index (χ0) is 13.8. The Balaban J connectivity index is 1.49. The van der Waals surface area contributed by atoms with Gasteiger partial charge in [-0.1, -0.05) is 0 Å². The molecule has 3 heterocycles. The van der Waals surface area contributed by atoms with Gasteiger partial charge in [0.15, 0.2) is 0 Å². The third kappa shape index (κ3) is 3.51. The number of carbonyl (C=O) groups excluding carboxylic acids is 1. The van der Waals surface area contributed by atoms with E-state index >= 15 is 0 Å². The molecule has 1 amide bonds. The molecule has 0 aromatic carbocycles. The minimum absolute atomic E-state index is 0.0863. The number of amides is 1. The third-order valence-corrected chi connectivity index (χ3v) is 4.75. The van der Waals surface area contributed by atoms with Gasteiger partial charge in [0, 0.05) is 26.1 Å². The van der Waals surface area contributed by atoms with Gasteiger partial charge in [-0.25, -0.2) is 0 Å². The molecule has 3 aliphatic heterocycles. The Morgan fingerprint density at radius 2 is 1.90 bits per heavy atom. The summed E-state index contributed by atoms with van der Waals surface area (Å²) in [7, 11) is 0. The van der Waals surface area contributed by atoms with Crippen LogP contribution in [-0.4, -0.2) is 62.4 Å². The highest BCUT2D eigenvalue weighted by Crippen LogP contribution is 2.23. The fourth-order valence-electron chi connectivity index (χ4n) is 3.48. The molecular weight excluding hydrogens is 256 g/mol. The van der Waals surface area contributed by atoms with Crippen LogP contribution in [0.15, 0.2) is 0 Å². The quantitative estimate of drug-likeness (QED) is 0.831. The van der Waals surface area contributed by atoms with Crippen LogP contribution in [0.2, 0.25) is 0 Å². The first-order valence-electron chi connectivity index (χ1n) is 8.04. The number of piperidine rings is 1. The maximum atomic E-state index is 12.4. The fraction of sp³-hybridized carbons (Fsp3) is 0.933. The second-order valence-corrected chi connectivity index (χ2v) is 6.20. The summed E-state index contributed by atoms with van der Waals surface area (Å²) in [6.07, 6.45) is 5.44. The van der Waals surface area contributed by atoms with Crippen LogP contribution >= 0.6 is 0 Å². The number of hydrogen-bond donors (Lipinski definition) is 1. The van der Waals surface area contributed by atoms with Gasteiger partial charge in [-0.15, -0.1) is 0 Å². The first kappa shape index (κ1) is 14.3. The number of ether oxygens (including phenoxy) is 2. The lowest BCUT2D eigenvalue weighted by atomic mass is 9.94. The van der Waals surface area contributed by atoms with Gasteiger partial charge in [-0.2, -0.15) is 0 Å². The molecule has 3 saturated heterocycles. The molecule has 0 aliphatic carbocycles. The van der Waals surface area contributed by atoms with Crippen LogP contribution < -0.4 is 5.32 Å². The van der Waals surface area contributed by atoms with Gasteiger partial charge in [0.1, 0.15) is 6.10 Å². The molecule has 2 atom stereocenters. The van der Waals surface area contributed by atoms with Crippen LogP contribution in [0, 0.1) is 5.92 Å². The van der Waals surface area contributed by atoms with Gasteiger partial charge < -0.3 is 19.7 Å². The average Bonchev–Trinajstić information content (AvgIpc) is 3.03. The molecule has 0 aromatic rings. The van der Waals surface area contributed by atoms with Gasteiger partial charge in [0.2, 0.25) is 5.91 Å². The number of morpholine rings is 1. The summed E-state index contributed by atoms with van der Waals surface area (Å²) >= 11 is 0. The van der Waals surface area contributed by atoms with E-state index in [9.17, 15) is 4.79 Å². The van der Waals surface area contributed by atoms with E-state index < -0.39 is 0 Å². The Kier molecular flexibility index (Phi) is 4.91. The number of carbonyl (C=O) groups is 1. The van der Waals surface area contributed by atoms with Crippen molar-refractivity contribution in [3.63, 3.8) is 0 Å². The van der Waals surface area contributed by atoms with Crippen molar-refractivity contribution in [3.8, 4) is 0 Å². The van der Waals surface area contributed by atoms with E-state index in [0.717, 1.165) is 51.9 Å². The van der Waals surface area contributed by atoms with E-state index in [1.165, 1.54) is 0 Å². The van der Waals surface area contributed by atoms with Crippen LogP contribution in [0.4, 0.5) is 0 Å². The van der Waals surface area contributed by atoms with Gasteiger partial charge in [0.05, 0.1) is 12.7 Å². The molecule has 3 rings (SSSR count). The highest BCUT2D eigenvalue weighted by molar-refractivity contribution is 5.76. The maximum Gasteiger partial charge on any atom is 0.223 e. The molecule has 0 bridgehead atoms.